The van der Waals surface area contributed by atoms with E-state index in [0.29, 0.717) is 11.6 Å². The fraction of sp³-hybridized carbons (Fsp3) is 0.444. The van der Waals surface area contributed by atoms with Gasteiger partial charge in [0.1, 0.15) is 11.5 Å². The van der Waals surface area contributed by atoms with Gasteiger partial charge in [-0.15, -0.1) is 0 Å². The zero-order valence-corrected chi connectivity index (χ0v) is 14.6. The van der Waals surface area contributed by atoms with Crippen LogP contribution in [0.3, 0.4) is 0 Å². The van der Waals surface area contributed by atoms with Crippen molar-refractivity contribution >= 4 is 28.8 Å². The zero-order valence-electron chi connectivity index (χ0n) is 14.6. The predicted molar refractivity (Wildman–Crippen MR) is 101 cm³/mol. The summed E-state index contributed by atoms with van der Waals surface area (Å²) >= 11 is 0. The van der Waals surface area contributed by atoms with Crippen molar-refractivity contribution in [3.8, 4) is 0 Å². The second kappa shape index (κ2) is 6.78. The Morgan fingerprint density at radius 2 is 1.88 bits per heavy atom. The SMILES string of the molecule is Nc1ccc(Nc2nc3c(c(N4CCCC4)n2)CCCC3)cc1[N+](=O)[O-]. The molecule has 1 aliphatic carbocycles. The van der Waals surface area contributed by atoms with Crippen LogP contribution in [0.2, 0.25) is 0 Å². The van der Waals surface area contributed by atoms with E-state index in [1.165, 1.54) is 37.0 Å². The van der Waals surface area contributed by atoms with Crippen LogP contribution in [-0.2, 0) is 12.8 Å². The molecule has 3 N–H and O–H groups in total. The van der Waals surface area contributed by atoms with Crippen LogP contribution in [0.15, 0.2) is 18.2 Å². The molecule has 8 nitrogen and oxygen atoms in total. The van der Waals surface area contributed by atoms with Gasteiger partial charge in [-0.1, -0.05) is 0 Å². The molecule has 2 aromatic rings. The molecule has 4 rings (SSSR count). The fourth-order valence-electron chi connectivity index (χ4n) is 3.73. The number of fused-ring (bicyclic) bond motifs is 1. The standard InChI is InChI=1S/C18H22N6O2/c19-14-8-7-12(11-16(14)24(25)26)20-18-21-15-6-2-1-5-13(15)17(22-18)23-9-3-4-10-23/h7-8,11H,1-6,9-10,19H2,(H,20,21,22). The summed E-state index contributed by atoms with van der Waals surface area (Å²) in [6, 6.07) is 4.66. The van der Waals surface area contributed by atoms with E-state index in [1.807, 2.05) is 0 Å². The first-order chi connectivity index (χ1) is 12.6. The molecular formula is C18H22N6O2. The van der Waals surface area contributed by atoms with Crippen LogP contribution in [0.5, 0.6) is 0 Å². The number of nitro groups is 1. The van der Waals surface area contributed by atoms with Crippen molar-refractivity contribution in [2.45, 2.75) is 38.5 Å². The lowest BCUT2D eigenvalue weighted by Crippen LogP contribution is -2.24. The monoisotopic (exact) mass is 354 g/mol. The Morgan fingerprint density at radius 3 is 2.65 bits per heavy atom. The average molecular weight is 354 g/mol. The summed E-state index contributed by atoms with van der Waals surface area (Å²) in [4.78, 5) is 22.4. The summed E-state index contributed by atoms with van der Waals surface area (Å²) < 4.78 is 0. The van der Waals surface area contributed by atoms with E-state index in [1.54, 1.807) is 6.07 Å². The van der Waals surface area contributed by atoms with Crippen molar-refractivity contribution in [1.82, 2.24) is 9.97 Å². The molecule has 2 aliphatic rings. The minimum atomic E-state index is -0.482. The Balaban J connectivity index is 1.69. The topological polar surface area (TPSA) is 110 Å². The van der Waals surface area contributed by atoms with Crippen molar-refractivity contribution in [1.29, 1.82) is 0 Å². The smallest absolute Gasteiger partial charge is 0.294 e. The number of nitrogen functional groups attached to an aromatic ring is 1. The van der Waals surface area contributed by atoms with Gasteiger partial charge in [0.25, 0.3) is 5.69 Å². The predicted octanol–water partition coefficient (Wildman–Crippen LogP) is 3.19. The normalized spacial score (nSPS) is 16.4. The van der Waals surface area contributed by atoms with E-state index in [4.69, 9.17) is 10.7 Å². The summed E-state index contributed by atoms with van der Waals surface area (Å²) in [6.07, 6.45) is 6.66. The highest BCUT2D eigenvalue weighted by Crippen LogP contribution is 2.32. The molecule has 0 amide bonds. The fourth-order valence-corrected chi connectivity index (χ4v) is 3.73. The van der Waals surface area contributed by atoms with Gasteiger partial charge in [-0.2, -0.15) is 4.98 Å². The number of nitrogens with one attached hydrogen (secondary N) is 1. The lowest BCUT2D eigenvalue weighted by molar-refractivity contribution is -0.383. The highest BCUT2D eigenvalue weighted by Gasteiger charge is 2.24. The molecule has 0 saturated carbocycles. The third-order valence-corrected chi connectivity index (χ3v) is 5.05. The summed E-state index contributed by atoms with van der Waals surface area (Å²) in [6.45, 7) is 2.05. The first-order valence-electron chi connectivity index (χ1n) is 9.07. The van der Waals surface area contributed by atoms with Gasteiger partial charge in [0.05, 0.1) is 10.6 Å². The van der Waals surface area contributed by atoms with Crippen molar-refractivity contribution in [2.75, 3.05) is 29.0 Å². The number of aryl methyl sites for hydroxylation is 1. The number of benzene rings is 1. The molecule has 26 heavy (non-hydrogen) atoms. The number of aromatic nitrogens is 2. The highest BCUT2D eigenvalue weighted by molar-refractivity contribution is 5.68. The summed E-state index contributed by atoms with van der Waals surface area (Å²) in [5.41, 5.74) is 8.63. The van der Waals surface area contributed by atoms with Crippen molar-refractivity contribution in [3.63, 3.8) is 0 Å². The van der Waals surface area contributed by atoms with E-state index < -0.39 is 4.92 Å². The highest BCUT2D eigenvalue weighted by atomic mass is 16.6. The van der Waals surface area contributed by atoms with Gasteiger partial charge < -0.3 is 16.0 Å². The summed E-state index contributed by atoms with van der Waals surface area (Å²) in [5.74, 6) is 1.52. The number of hydrogen-bond donors (Lipinski definition) is 2. The molecule has 1 aromatic carbocycles. The van der Waals surface area contributed by atoms with Gasteiger partial charge in [0, 0.05) is 30.4 Å². The number of hydrogen-bond acceptors (Lipinski definition) is 7. The Bertz CT molecular complexity index is 848. The molecule has 0 bridgehead atoms. The Morgan fingerprint density at radius 1 is 1.12 bits per heavy atom. The Kier molecular flexibility index (Phi) is 4.32. The second-order valence-corrected chi connectivity index (χ2v) is 6.85. The molecule has 0 radical (unpaired) electrons. The quantitative estimate of drug-likeness (QED) is 0.493. The van der Waals surface area contributed by atoms with Crippen LogP contribution in [0, 0.1) is 10.1 Å². The van der Waals surface area contributed by atoms with Crippen molar-refractivity contribution in [2.24, 2.45) is 0 Å². The van der Waals surface area contributed by atoms with Gasteiger partial charge in [-0.3, -0.25) is 10.1 Å². The Hall–Kier alpha value is -2.90. The molecule has 1 fully saturated rings. The lowest BCUT2D eigenvalue weighted by Gasteiger charge is -2.25. The van der Waals surface area contributed by atoms with Gasteiger partial charge in [0.2, 0.25) is 5.95 Å². The molecule has 2 heterocycles. The molecule has 0 spiro atoms. The van der Waals surface area contributed by atoms with Crippen LogP contribution in [0.4, 0.5) is 28.8 Å². The van der Waals surface area contributed by atoms with E-state index in [9.17, 15) is 10.1 Å². The van der Waals surface area contributed by atoms with Crippen LogP contribution in [0.1, 0.15) is 36.9 Å². The van der Waals surface area contributed by atoms with E-state index in [0.717, 1.165) is 43.9 Å². The number of anilines is 4. The molecule has 1 saturated heterocycles. The van der Waals surface area contributed by atoms with Crippen molar-refractivity contribution in [3.05, 3.63) is 39.6 Å². The van der Waals surface area contributed by atoms with E-state index in [2.05, 4.69) is 15.2 Å². The van der Waals surface area contributed by atoms with E-state index >= 15 is 0 Å². The number of nitrogens with two attached hydrogens (primary N) is 1. The number of rotatable bonds is 4. The Labute approximate surface area is 151 Å². The second-order valence-electron chi connectivity index (χ2n) is 6.85. The molecule has 136 valence electrons. The first kappa shape index (κ1) is 16.6. The number of nitro benzene ring substituents is 1. The van der Waals surface area contributed by atoms with Crippen LogP contribution < -0.4 is 16.0 Å². The maximum atomic E-state index is 11.1. The minimum Gasteiger partial charge on any atom is -0.393 e. The zero-order chi connectivity index (χ0) is 18.1. The maximum absolute atomic E-state index is 11.1. The molecule has 0 unspecified atom stereocenters. The largest absolute Gasteiger partial charge is 0.393 e. The molecule has 1 aromatic heterocycles. The van der Waals surface area contributed by atoms with Gasteiger partial charge >= 0.3 is 0 Å². The molecule has 8 heteroatoms. The van der Waals surface area contributed by atoms with Gasteiger partial charge in [-0.05, 0) is 50.7 Å². The minimum absolute atomic E-state index is 0.118. The van der Waals surface area contributed by atoms with Crippen molar-refractivity contribution < 1.29 is 4.92 Å². The third kappa shape index (κ3) is 3.14. The van der Waals surface area contributed by atoms with Gasteiger partial charge in [-0.25, -0.2) is 4.98 Å². The third-order valence-electron chi connectivity index (χ3n) is 5.05. The molecule has 0 atom stereocenters. The average Bonchev–Trinajstić information content (AvgIpc) is 3.17. The van der Waals surface area contributed by atoms with E-state index in [-0.39, 0.29) is 11.4 Å². The van der Waals surface area contributed by atoms with Gasteiger partial charge in [0.15, 0.2) is 0 Å². The van der Waals surface area contributed by atoms with Crippen LogP contribution in [0.25, 0.3) is 0 Å². The lowest BCUT2D eigenvalue weighted by atomic mass is 9.96. The summed E-state index contributed by atoms with van der Waals surface area (Å²) in [5, 5.41) is 14.2. The van der Waals surface area contributed by atoms with Crippen LogP contribution in [-0.4, -0.2) is 28.0 Å². The molecular weight excluding hydrogens is 332 g/mol. The van der Waals surface area contributed by atoms with Crippen LogP contribution >= 0.6 is 0 Å². The maximum Gasteiger partial charge on any atom is 0.294 e. The summed E-state index contributed by atoms with van der Waals surface area (Å²) in [7, 11) is 0. The first-order valence-corrected chi connectivity index (χ1v) is 9.07. The number of nitrogens with zero attached hydrogens (tertiary/aromatic N) is 4. The molecule has 1 aliphatic heterocycles.